The second-order valence-electron chi connectivity index (χ2n) is 8.44. The molecule has 1 aliphatic carbocycles. The number of rotatable bonds is 3. The number of piperazine rings is 1. The van der Waals surface area contributed by atoms with E-state index in [4.69, 9.17) is 9.47 Å². The summed E-state index contributed by atoms with van der Waals surface area (Å²) in [6.07, 6.45) is 1.83. The van der Waals surface area contributed by atoms with Crippen molar-refractivity contribution in [2.45, 2.75) is 6.54 Å². The van der Waals surface area contributed by atoms with Gasteiger partial charge in [-0.2, -0.15) is 0 Å². The van der Waals surface area contributed by atoms with Gasteiger partial charge in [0.15, 0.2) is 11.5 Å². The highest BCUT2D eigenvalue weighted by molar-refractivity contribution is 6.08. The lowest BCUT2D eigenvalue weighted by molar-refractivity contribution is -0.127. The molecule has 3 aliphatic rings. The first-order chi connectivity index (χ1) is 15.8. The van der Waals surface area contributed by atoms with Gasteiger partial charge in [0.25, 0.3) is 0 Å². The summed E-state index contributed by atoms with van der Waals surface area (Å²) in [5, 5.41) is 0. The van der Waals surface area contributed by atoms with E-state index in [0.717, 1.165) is 60.9 Å². The third kappa shape index (κ3) is 3.35. The SMILES string of the molecule is O=C(C=C1c2ccccc2-c2ccccc21)N1CCN(Cc2ccc3c(c2)OCO3)CC1. The van der Waals surface area contributed by atoms with Gasteiger partial charge < -0.3 is 14.4 Å². The van der Waals surface area contributed by atoms with Gasteiger partial charge in [0, 0.05) is 38.8 Å². The van der Waals surface area contributed by atoms with Crippen molar-refractivity contribution >= 4 is 11.5 Å². The number of ether oxygens (including phenoxy) is 2. The molecule has 0 saturated carbocycles. The average molecular weight is 425 g/mol. The van der Waals surface area contributed by atoms with Gasteiger partial charge >= 0.3 is 0 Å². The predicted octanol–water partition coefficient (Wildman–Crippen LogP) is 4.17. The molecule has 0 atom stereocenters. The Kier molecular flexibility index (Phi) is 4.69. The van der Waals surface area contributed by atoms with Crippen LogP contribution < -0.4 is 9.47 Å². The second-order valence-corrected chi connectivity index (χ2v) is 8.44. The molecule has 1 saturated heterocycles. The summed E-state index contributed by atoms with van der Waals surface area (Å²) >= 11 is 0. The number of hydrogen-bond acceptors (Lipinski definition) is 4. The van der Waals surface area contributed by atoms with E-state index in [0.29, 0.717) is 6.79 Å². The monoisotopic (exact) mass is 424 g/mol. The molecule has 6 rings (SSSR count). The molecule has 0 unspecified atom stereocenters. The Morgan fingerprint density at radius 1 is 0.781 bits per heavy atom. The first-order valence-electron chi connectivity index (χ1n) is 11.1. The Labute approximate surface area is 187 Å². The standard InChI is InChI=1S/C27H24N2O3/c30-27(16-24-22-7-3-1-5-20(22)21-6-2-4-8-23(21)24)29-13-11-28(12-14-29)17-19-9-10-25-26(15-19)32-18-31-25/h1-10,15-16H,11-14,17-18H2. The van der Waals surface area contributed by atoms with Crippen LogP contribution in [0, 0.1) is 0 Å². The summed E-state index contributed by atoms with van der Waals surface area (Å²) < 4.78 is 10.9. The Morgan fingerprint density at radius 3 is 2.09 bits per heavy atom. The fourth-order valence-electron chi connectivity index (χ4n) is 4.84. The van der Waals surface area contributed by atoms with E-state index in [1.54, 1.807) is 0 Å². The Hall–Kier alpha value is -3.57. The molecular formula is C27H24N2O3. The van der Waals surface area contributed by atoms with Crippen LogP contribution in [-0.4, -0.2) is 48.7 Å². The Morgan fingerprint density at radius 2 is 1.41 bits per heavy atom. The van der Waals surface area contributed by atoms with E-state index >= 15 is 0 Å². The zero-order valence-electron chi connectivity index (χ0n) is 17.8. The minimum atomic E-state index is 0.0919. The molecular weight excluding hydrogens is 400 g/mol. The second kappa shape index (κ2) is 7.84. The summed E-state index contributed by atoms with van der Waals surface area (Å²) in [4.78, 5) is 17.5. The number of carbonyl (C=O) groups is 1. The maximum Gasteiger partial charge on any atom is 0.247 e. The van der Waals surface area contributed by atoms with Crippen molar-refractivity contribution in [3.8, 4) is 22.6 Å². The van der Waals surface area contributed by atoms with E-state index in [-0.39, 0.29) is 5.91 Å². The quantitative estimate of drug-likeness (QED) is 0.463. The van der Waals surface area contributed by atoms with Crippen LogP contribution in [0.1, 0.15) is 16.7 Å². The van der Waals surface area contributed by atoms with Gasteiger partial charge in [-0.1, -0.05) is 54.6 Å². The van der Waals surface area contributed by atoms with E-state index in [2.05, 4.69) is 53.4 Å². The van der Waals surface area contributed by atoms with Crippen LogP contribution in [0.15, 0.2) is 72.8 Å². The zero-order valence-corrected chi connectivity index (χ0v) is 17.8. The third-order valence-corrected chi connectivity index (χ3v) is 6.52. The van der Waals surface area contributed by atoms with Crippen LogP contribution in [0.5, 0.6) is 11.5 Å². The van der Waals surface area contributed by atoms with Gasteiger partial charge in [0.1, 0.15) is 0 Å². The molecule has 5 heteroatoms. The molecule has 3 aromatic carbocycles. The molecule has 5 nitrogen and oxygen atoms in total. The van der Waals surface area contributed by atoms with Crippen molar-refractivity contribution in [2.24, 2.45) is 0 Å². The van der Waals surface area contributed by atoms with Crippen LogP contribution in [0.2, 0.25) is 0 Å². The molecule has 0 spiro atoms. The predicted molar refractivity (Wildman–Crippen MR) is 123 cm³/mol. The highest BCUT2D eigenvalue weighted by Gasteiger charge is 2.26. The number of benzene rings is 3. The first-order valence-corrected chi connectivity index (χ1v) is 11.1. The molecule has 2 heterocycles. The van der Waals surface area contributed by atoms with E-state index in [1.807, 2.05) is 29.2 Å². The van der Waals surface area contributed by atoms with Gasteiger partial charge in [-0.05, 0) is 45.5 Å². The van der Waals surface area contributed by atoms with Crippen molar-refractivity contribution in [2.75, 3.05) is 33.0 Å². The molecule has 160 valence electrons. The molecule has 1 amide bonds. The van der Waals surface area contributed by atoms with Crippen LogP contribution in [0.4, 0.5) is 0 Å². The van der Waals surface area contributed by atoms with Crippen molar-refractivity contribution in [1.29, 1.82) is 0 Å². The average Bonchev–Trinajstić information content (AvgIpc) is 3.42. The van der Waals surface area contributed by atoms with Gasteiger partial charge in [-0.3, -0.25) is 9.69 Å². The number of amides is 1. The summed E-state index contributed by atoms with van der Waals surface area (Å²) in [7, 11) is 0. The smallest absolute Gasteiger partial charge is 0.247 e. The fraction of sp³-hybridized carbons (Fsp3) is 0.222. The normalized spacial score (nSPS) is 16.6. The van der Waals surface area contributed by atoms with E-state index in [1.165, 1.54) is 16.7 Å². The molecule has 0 bridgehead atoms. The van der Waals surface area contributed by atoms with Crippen molar-refractivity contribution in [1.82, 2.24) is 9.80 Å². The van der Waals surface area contributed by atoms with Crippen molar-refractivity contribution < 1.29 is 14.3 Å². The highest BCUT2D eigenvalue weighted by Crippen LogP contribution is 2.43. The van der Waals surface area contributed by atoms with E-state index in [9.17, 15) is 4.79 Å². The summed E-state index contributed by atoms with van der Waals surface area (Å²) in [6, 6.07) is 22.8. The number of nitrogens with zero attached hydrogens (tertiary/aromatic N) is 2. The maximum atomic E-state index is 13.2. The first kappa shape index (κ1) is 19.1. The maximum absolute atomic E-state index is 13.2. The van der Waals surface area contributed by atoms with Crippen LogP contribution >= 0.6 is 0 Å². The molecule has 2 aliphatic heterocycles. The van der Waals surface area contributed by atoms with Gasteiger partial charge in [-0.15, -0.1) is 0 Å². The molecule has 0 aromatic heterocycles. The van der Waals surface area contributed by atoms with Gasteiger partial charge in [-0.25, -0.2) is 0 Å². The minimum Gasteiger partial charge on any atom is -0.454 e. The minimum absolute atomic E-state index is 0.0919. The Bertz CT molecular complexity index is 1180. The largest absolute Gasteiger partial charge is 0.454 e. The molecule has 0 radical (unpaired) electrons. The molecule has 1 fully saturated rings. The van der Waals surface area contributed by atoms with Gasteiger partial charge in [0.05, 0.1) is 0 Å². The van der Waals surface area contributed by atoms with Crippen LogP contribution in [-0.2, 0) is 11.3 Å². The van der Waals surface area contributed by atoms with Gasteiger partial charge in [0.2, 0.25) is 12.7 Å². The summed E-state index contributed by atoms with van der Waals surface area (Å²) in [6.45, 7) is 4.32. The van der Waals surface area contributed by atoms with Crippen molar-refractivity contribution in [3.63, 3.8) is 0 Å². The van der Waals surface area contributed by atoms with Crippen LogP contribution in [0.3, 0.4) is 0 Å². The van der Waals surface area contributed by atoms with E-state index < -0.39 is 0 Å². The molecule has 3 aromatic rings. The molecule has 32 heavy (non-hydrogen) atoms. The summed E-state index contributed by atoms with van der Waals surface area (Å²) in [5.74, 6) is 1.72. The number of fused-ring (bicyclic) bond motifs is 4. The Balaban J connectivity index is 1.15. The fourth-order valence-corrected chi connectivity index (χ4v) is 4.84. The van der Waals surface area contributed by atoms with Crippen LogP contribution in [0.25, 0.3) is 16.7 Å². The molecule has 0 N–H and O–H groups in total. The number of hydrogen-bond donors (Lipinski definition) is 0. The lowest BCUT2D eigenvalue weighted by atomic mass is 10.0. The lowest BCUT2D eigenvalue weighted by Gasteiger charge is -2.34. The topological polar surface area (TPSA) is 42.0 Å². The lowest BCUT2D eigenvalue weighted by Crippen LogP contribution is -2.47. The number of carbonyl (C=O) groups excluding carboxylic acids is 1. The summed E-state index contributed by atoms with van der Waals surface area (Å²) in [5.41, 5.74) is 6.93. The highest BCUT2D eigenvalue weighted by atomic mass is 16.7. The third-order valence-electron chi connectivity index (χ3n) is 6.52. The van der Waals surface area contributed by atoms with Crippen molar-refractivity contribution in [3.05, 3.63) is 89.5 Å². The zero-order chi connectivity index (χ0) is 21.5.